The first-order chi connectivity index (χ1) is 11.2. The van der Waals surface area contributed by atoms with Crippen LogP contribution in [0.25, 0.3) is 0 Å². The fourth-order valence-corrected chi connectivity index (χ4v) is 3.09. The molecule has 0 aliphatic carbocycles. The lowest BCUT2D eigenvalue weighted by molar-refractivity contribution is 0.158. The molecule has 0 saturated carbocycles. The van der Waals surface area contributed by atoms with Crippen molar-refractivity contribution in [2.24, 2.45) is 0 Å². The second-order valence-electron chi connectivity index (χ2n) is 6.60. The summed E-state index contributed by atoms with van der Waals surface area (Å²) in [6, 6.07) is 11.1. The van der Waals surface area contributed by atoms with Crippen molar-refractivity contribution < 1.29 is 4.79 Å². The van der Waals surface area contributed by atoms with Gasteiger partial charge in [-0.2, -0.15) is 0 Å². The van der Waals surface area contributed by atoms with E-state index in [-0.39, 0.29) is 12.1 Å². The number of carbonyl (C=O) groups excluding carboxylic acids is 1. The molecule has 2 rings (SSSR count). The van der Waals surface area contributed by atoms with Gasteiger partial charge in [0.25, 0.3) is 0 Å². The highest BCUT2D eigenvalue weighted by Gasteiger charge is 2.21. The molecule has 1 aliphatic heterocycles. The molecule has 0 radical (unpaired) electrons. The molecular weight excluding hydrogens is 286 g/mol. The van der Waals surface area contributed by atoms with Gasteiger partial charge in [0.05, 0.1) is 0 Å². The number of likely N-dealkylation sites (tertiary alicyclic amines) is 1. The minimum Gasteiger partial charge on any atom is -0.337 e. The second kappa shape index (κ2) is 9.56. The maximum atomic E-state index is 12.0. The zero-order valence-corrected chi connectivity index (χ0v) is 14.6. The fraction of sp³-hybridized carbons (Fsp3) is 0.632. The molecule has 2 atom stereocenters. The van der Waals surface area contributed by atoms with Gasteiger partial charge in [-0.3, -0.25) is 4.90 Å². The topological polar surface area (TPSA) is 44.4 Å². The molecule has 1 aliphatic rings. The molecular formula is C19H31N3O. The summed E-state index contributed by atoms with van der Waals surface area (Å²) in [5.74, 6) is 0. The molecule has 0 bridgehead atoms. The predicted molar refractivity (Wildman–Crippen MR) is 95.6 cm³/mol. The molecule has 1 aromatic rings. The average molecular weight is 317 g/mol. The Morgan fingerprint density at radius 1 is 1.17 bits per heavy atom. The van der Waals surface area contributed by atoms with Gasteiger partial charge in [0, 0.05) is 18.6 Å². The van der Waals surface area contributed by atoms with Gasteiger partial charge in [-0.25, -0.2) is 4.79 Å². The molecule has 4 heteroatoms. The van der Waals surface area contributed by atoms with Crippen LogP contribution in [0.2, 0.25) is 0 Å². The Labute approximate surface area is 140 Å². The Balaban J connectivity index is 1.91. The normalized spacial score (nSPS) is 18.2. The maximum Gasteiger partial charge on any atom is 0.315 e. The summed E-state index contributed by atoms with van der Waals surface area (Å²) in [5, 5.41) is 6.06. The minimum atomic E-state index is -0.0468. The monoisotopic (exact) mass is 317 g/mol. The van der Waals surface area contributed by atoms with Crippen LogP contribution >= 0.6 is 0 Å². The number of hydrogen-bond acceptors (Lipinski definition) is 2. The lowest BCUT2D eigenvalue weighted by Crippen LogP contribution is -2.50. The summed E-state index contributed by atoms with van der Waals surface area (Å²) in [6.45, 7) is 7.11. The molecule has 128 valence electrons. The van der Waals surface area contributed by atoms with E-state index in [1.165, 1.54) is 24.8 Å². The van der Waals surface area contributed by atoms with Gasteiger partial charge in [-0.05, 0) is 51.3 Å². The van der Waals surface area contributed by atoms with E-state index in [2.05, 4.69) is 52.8 Å². The molecule has 1 aromatic carbocycles. The van der Waals surface area contributed by atoms with Crippen LogP contribution in [0.3, 0.4) is 0 Å². The number of nitrogens with one attached hydrogen (secondary N) is 2. The number of rotatable bonds is 7. The third-order valence-electron chi connectivity index (χ3n) is 4.71. The van der Waals surface area contributed by atoms with E-state index >= 15 is 0 Å². The van der Waals surface area contributed by atoms with Crippen molar-refractivity contribution in [1.29, 1.82) is 0 Å². The van der Waals surface area contributed by atoms with Gasteiger partial charge in [0.15, 0.2) is 0 Å². The van der Waals surface area contributed by atoms with Crippen LogP contribution in [0, 0.1) is 0 Å². The first-order valence-electron chi connectivity index (χ1n) is 9.01. The molecule has 0 spiro atoms. The van der Waals surface area contributed by atoms with E-state index in [4.69, 9.17) is 0 Å². The SMILES string of the molecule is CCC(C)NC(=O)NCC(Cc1ccccc1)N1CCCCC1. The van der Waals surface area contributed by atoms with Gasteiger partial charge in [-0.15, -0.1) is 0 Å². The van der Waals surface area contributed by atoms with Crippen LogP contribution < -0.4 is 10.6 Å². The first kappa shape index (κ1) is 17.8. The number of benzene rings is 1. The highest BCUT2D eigenvalue weighted by atomic mass is 16.2. The van der Waals surface area contributed by atoms with Crippen molar-refractivity contribution in [2.75, 3.05) is 19.6 Å². The Morgan fingerprint density at radius 2 is 1.87 bits per heavy atom. The summed E-state index contributed by atoms with van der Waals surface area (Å²) in [5.41, 5.74) is 1.34. The van der Waals surface area contributed by atoms with Crippen molar-refractivity contribution in [2.45, 2.75) is 58.0 Å². The summed E-state index contributed by atoms with van der Waals surface area (Å²) in [6.07, 6.45) is 5.81. The molecule has 23 heavy (non-hydrogen) atoms. The van der Waals surface area contributed by atoms with Gasteiger partial charge in [-0.1, -0.05) is 43.7 Å². The minimum absolute atomic E-state index is 0.0468. The van der Waals surface area contributed by atoms with Crippen molar-refractivity contribution in [1.82, 2.24) is 15.5 Å². The van der Waals surface area contributed by atoms with Crippen molar-refractivity contribution in [3.8, 4) is 0 Å². The van der Waals surface area contributed by atoms with E-state index in [1.807, 2.05) is 6.92 Å². The Hall–Kier alpha value is -1.55. The summed E-state index contributed by atoms with van der Waals surface area (Å²) >= 11 is 0. The quantitative estimate of drug-likeness (QED) is 0.811. The van der Waals surface area contributed by atoms with Gasteiger partial charge in [0.1, 0.15) is 0 Å². The zero-order valence-electron chi connectivity index (χ0n) is 14.6. The standard InChI is InChI=1S/C19H31N3O/c1-3-16(2)21-19(23)20-15-18(22-12-8-5-9-13-22)14-17-10-6-4-7-11-17/h4,6-7,10-11,16,18H,3,5,8-9,12-15H2,1-2H3,(H2,20,21,23). The predicted octanol–water partition coefficient (Wildman–Crippen LogP) is 3.18. The zero-order chi connectivity index (χ0) is 16.5. The maximum absolute atomic E-state index is 12.0. The van der Waals surface area contributed by atoms with E-state index in [0.29, 0.717) is 12.6 Å². The summed E-state index contributed by atoms with van der Waals surface area (Å²) in [4.78, 5) is 14.6. The molecule has 4 nitrogen and oxygen atoms in total. The lowest BCUT2D eigenvalue weighted by atomic mass is 10.0. The van der Waals surface area contributed by atoms with Crippen LogP contribution in [0.15, 0.2) is 30.3 Å². The van der Waals surface area contributed by atoms with Crippen LogP contribution in [0.1, 0.15) is 45.1 Å². The number of amides is 2. The molecule has 2 amide bonds. The molecule has 1 fully saturated rings. The fourth-order valence-electron chi connectivity index (χ4n) is 3.09. The Bertz CT molecular complexity index is 457. The van der Waals surface area contributed by atoms with E-state index in [1.54, 1.807) is 0 Å². The van der Waals surface area contributed by atoms with Crippen LogP contribution in [0.5, 0.6) is 0 Å². The van der Waals surface area contributed by atoms with Gasteiger partial charge < -0.3 is 10.6 Å². The highest BCUT2D eigenvalue weighted by molar-refractivity contribution is 5.74. The lowest BCUT2D eigenvalue weighted by Gasteiger charge is -2.35. The van der Waals surface area contributed by atoms with Crippen molar-refractivity contribution in [3.63, 3.8) is 0 Å². The molecule has 2 unspecified atom stereocenters. The largest absolute Gasteiger partial charge is 0.337 e. The summed E-state index contributed by atoms with van der Waals surface area (Å²) < 4.78 is 0. The third-order valence-corrected chi connectivity index (χ3v) is 4.71. The number of urea groups is 1. The van der Waals surface area contributed by atoms with E-state index < -0.39 is 0 Å². The van der Waals surface area contributed by atoms with E-state index in [9.17, 15) is 4.79 Å². The number of piperidine rings is 1. The number of hydrogen-bond donors (Lipinski definition) is 2. The third kappa shape index (κ3) is 6.22. The Kier molecular flexibility index (Phi) is 7.40. The number of carbonyl (C=O) groups is 1. The molecule has 0 aromatic heterocycles. The van der Waals surface area contributed by atoms with Gasteiger partial charge in [0.2, 0.25) is 0 Å². The summed E-state index contributed by atoms with van der Waals surface area (Å²) in [7, 11) is 0. The molecule has 2 N–H and O–H groups in total. The van der Waals surface area contributed by atoms with Crippen LogP contribution in [-0.2, 0) is 6.42 Å². The highest BCUT2D eigenvalue weighted by Crippen LogP contribution is 2.15. The van der Waals surface area contributed by atoms with Crippen molar-refractivity contribution in [3.05, 3.63) is 35.9 Å². The number of nitrogens with zero attached hydrogens (tertiary/aromatic N) is 1. The first-order valence-corrected chi connectivity index (χ1v) is 9.01. The van der Waals surface area contributed by atoms with Gasteiger partial charge >= 0.3 is 6.03 Å². The average Bonchev–Trinajstić information content (AvgIpc) is 2.60. The molecule has 1 saturated heterocycles. The second-order valence-corrected chi connectivity index (χ2v) is 6.60. The van der Waals surface area contributed by atoms with E-state index in [0.717, 1.165) is 25.9 Å². The Morgan fingerprint density at radius 3 is 2.52 bits per heavy atom. The van der Waals surface area contributed by atoms with Crippen molar-refractivity contribution >= 4 is 6.03 Å². The molecule has 1 heterocycles. The smallest absolute Gasteiger partial charge is 0.315 e. The van der Waals surface area contributed by atoms with Crippen LogP contribution in [0.4, 0.5) is 4.79 Å². The van der Waals surface area contributed by atoms with Crippen LogP contribution in [-0.4, -0.2) is 42.6 Å².